The fourth-order valence-corrected chi connectivity index (χ4v) is 0.607. The topological polar surface area (TPSA) is 49.5 Å². The Hall–Kier alpha value is -1.05. The van der Waals surface area contributed by atoms with Gasteiger partial charge in [-0.15, -0.1) is 0 Å². The molecule has 0 saturated carbocycles. The summed E-state index contributed by atoms with van der Waals surface area (Å²) < 4.78 is 4.78. The van der Waals surface area contributed by atoms with Crippen LogP contribution in [0.2, 0.25) is 5.22 Å². The van der Waals surface area contributed by atoms with Crippen molar-refractivity contribution in [2.75, 3.05) is 0 Å². The van der Waals surface area contributed by atoms with Gasteiger partial charge in [0.25, 0.3) is 0 Å². The Morgan fingerprint density at radius 3 is 2.89 bits per heavy atom. The SMILES string of the molecule is [N-]=[N+]=Cc1ccc(Cl)o1. The summed E-state index contributed by atoms with van der Waals surface area (Å²) in [5.41, 5.74) is 8.00. The molecule has 0 atom stereocenters. The zero-order valence-corrected chi connectivity index (χ0v) is 5.17. The number of nitrogens with zero attached hydrogens (tertiary/aromatic N) is 2. The summed E-state index contributed by atoms with van der Waals surface area (Å²) in [6.07, 6.45) is 1.16. The number of furan rings is 1. The summed E-state index contributed by atoms with van der Waals surface area (Å²) in [6.45, 7) is 0. The van der Waals surface area contributed by atoms with Crippen molar-refractivity contribution in [1.29, 1.82) is 0 Å². The van der Waals surface area contributed by atoms with Crippen LogP contribution in [0.3, 0.4) is 0 Å². The van der Waals surface area contributed by atoms with Crippen molar-refractivity contribution >= 4 is 17.8 Å². The van der Waals surface area contributed by atoms with Crippen molar-refractivity contribution in [1.82, 2.24) is 0 Å². The lowest BCUT2D eigenvalue weighted by Crippen LogP contribution is -1.71. The van der Waals surface area contributed by atoms with Crippen LogP contribution in [0.4, 0.5) is 0 Å². The molecule has 0 saturated heterocycles. The third kappa shape index (κ3) is 1.42. The average Bonchev–Trinajstić information content (AvgIpc) is 2.17. The van der Waals surface area contributed by atoms with Crippen LogP contribution in [-0.2, 0) is 0 Å². The fraction of sp³-hybridized carbons (Fsp3) is 0. The molecule has 0 unspecified atom stereocenters. The molecule has 0 spiro atoms. The highest BCUT2D eigenvalue weighted by Gasteiger charge is 1.97. The van der Waals surface area contributed by atoms with Crippen molar-refractivity contribution in [3.63, 3.8) is 0 Å². The maximum Gasteiger partial charge on any atom is 0.322 e. The highest BCUT2D eigenvalue weighted by Crippen LogP contribution is 2.10. The van der Waals surface area contributed by atoms with E-state index in [1.54, 1.807) is 12.1 Å². The van der Waals surface area contributed by atoms with Gasteiger partial charge in [0.2, 0.25) is 5.76 Å². The summed E-state index contributed by atoms with van der Waals surface area (Å²) in [5, 5.41) is 0.282. The lowest BCUT2D eigenvalue weighted by molar-refractivity contribution is 0.00308. The van der Waals surface area contributed by atoms with Crippen molar-refractivity contribution in [3.8, 4) is 0 Å². The lowest BCUT2D eigenvalue weighted by Gasteiger charge is -1.71. The maximum absolute atomic E-state index is 8.00. The van der Waals surface area contributed by atoms with Gasteiger partial charge >= 0.3 is 6.21 Å². The van der Waals surface area contributed by atoms with Gasteiger partial charge in [-0.2, -0.15) is 4.79 Å². The first-order valence-electron chi connectivity index (χ1n) is 2.25. The molecule has 46 valence electrons. The Balaban J connectivity index is 2.97. The maximum atomic E-state index is 8.00. The quantitative estimate of drug-likeness (QED) is 0.334. The van der Waals surface area contributed by atoms with E-state index in [-0.39, 0.29) is 5.22 Å². The first-order valence-corrected chi connectivity index (χ1v) is 2.63. The van der Waals surface area contributed by atoms with Crippen molar-refractivity contribution < 1.29 is 9.21 Å². The summed E-state index contributed by atoms with van der Waals surface area (Å²) in [7, 11) is 0. The first-order chi connectivity index (χ1) is 4.33. The van der Waals surface area contributed by atoms with Crippen molar-refractivity contribution in [3.05, 3.63) is 28.6 Å². The van der Waals surface area contributed by atoms with Crippen LogP contribution in [0.1, 0.15) is 5.76 Å². The summed E-state index contributed by atoms with van der Waals surface area (Å²) in [6, 6.07) is 3.17. The van der Waals surface area contributed by atoms with E-state index in [0.29, 0.717) is 5.76 Å². The molecule has 9 heavy (non-hydrogen) atoms. The highest BCUT2D eigenvalue weighted by molar-refractivity contribution is 6.28. The van der Waals surface area contributed by atoms with Gasteiger partial charge in [-0.25, -0.2) is 0 Å². The van der Waals surface area contributed by atoms with Gasteiger partial charge in [0, 0.05) is 0 Å². The van der Waals surface area contributed by atoms with Gasteiger partial charge in [0.05, 0.1) is 0 Å². The van der Waals surface area contributed by atoms with E-state index in [9.17, 15) is 0 Å². The number of rotatable bonds is 1. The second-order valence-corrected chi connectivity index (χ2v) is 1.76. The van der Waals surface area contributed by atoms with E-state index in [2.05, 4.69) is 4.79 Å². The van der Waals surface area contributed by atoms with Crippen LogP contribution >= 0.6 is 11.6 Å². The Labute approximate surface area is 56.5 Å². The Morgan fingerprint density at radius 2 is 2.44 bits per heavy atom. The molecule has 1 heterocycles. The molecular formula is C5H3ClN2O. The number of halogens is 1. The molecule has 0 N–H and O–H groups in total. The largest absolute Gasteiger partial charge is 0.438 e. The predicted octanol–water partition coefficient (Wildman–Crippen LogP) is 1.58. The van der Waals surface area contributed by atoms with E-state index in [0.717, 1.165) is 6.21 Å². The minimum Gasteiger partial charge on any atom is -0.438 e. The minimum absolute atomic E-state index is 0.282. The van der Waals surface area contributed by atoms with Crippen LogP contribution in [-0.4, -0.2) is 11.0 Å². The summed E-state index contributed by atoms with van der Waals surface area (Å²) >= 11 is 5.39. The smallest absolute Gasteiger partial charge is 0.322 e. The molecule has 4 heteroatoms. The van der Waals surface area contributed by atoms with Gasteiger partial charge in [0.1, 0.15) is 0 Å². The van der Waals surface area contributed by atoms with Gasteiger partial charge in [-0.1, -0.05) is 0 Å². The van der Waals surface area contributed by atoms with Crippen LogP contribution in [0.25, 0.3) is 5.53 Å². The molecular weight excluding hydrogens is 140 g/mol. The van der Waals surface area contributed by atoms with Gasteiger partial charge in [-0.3, -0.25) is 0 Å². The highest BCUT2D eigenvalue weighted by atomic mass is 35.5. The Morgan fingerprint density at radius 1 is 1.67 bits per heavy atom. The minimum atomic E-state index is 0.282. The van der Waals surface area contributed by atoms with Gasteiger partial charge in [0.15, 0.2) is 5.22 Å². The van der Waals surface area contributed by atoms with Crippen LogP contribution < -0.4 is 0 Å². The Kier molecular flexibility index (Phi) is 1.68. The summed E-state index contributed by atoms with van der Waals surface area (Å²) in [5.74, 6) is 0.433. The molecule has 1 rings (SSSR count). The summed E-state index contributed by atoms with van der Waals surface area (Å²) in [4.78, 5) is 2.74. The molecule has 1 aromatic heterocycles. The third-order valence-corrected chi connectivity index (χ3v) is 0.982. The fourth-order valence-electron chi connectivity index (χ4n) is 0.455. The Bertz CT molecular complexity index is 249. The van der Waals surface area contributed by atoms with E-state index in [1.807, 2.05) is 0 Å². The molecule has 3 nitrogen and oxygen atoms in total. The van der Waals surface area contributed by atoms with Crippen LogP contribution in [0, 0.1) is 0 Å². The molecule has 0 aromatic carbocycles. The monoisotopic (exact) mass is 142 g/mol. The second kappa shape index (κ2) is 2.49. The first kappa shape index (κ1) is 6.08. The molecule has 0 amide bonds. The molecule has 0 aliphatic heterocycles. The van der Waals surface area contributed by atoms with Crippen LogP contribution in [0.15, 0.2) is 16.5 Å². The molecule has 0 aliphatic carbocycles. The van der Waals surface area contributed by atoms with E-state index in [1.165, 1.54) is 0 Å². The predicted molar refractivity (Wildman–Crippen MR) is 32.5 cm³/mol. The normalized spacial score (nSPS) is 8.56. The van der Waals surface area contributed by atoms with E-state index in [4.69, 9.17) is 21.5 Å². The zero-order chi connectivity index (χ0) is 6.69. The van der Waals surface area contributed by atoms with Gasteiger partial charge < -0.3 is 9.95 Å². The average molecular weight is 143 g/mol. The van der Waals surface area contributed by atoms with Gasteiger partial charge in [-0.05, 0) is 23.7 Å². The molecule has 0 radical (unpaired) electrons. The molecule has 0 fully saturated rings. The molecule has 1 aromatic rings. The van der Waals surface area contributed by atoms with E-state index >= 15 is 0 Å². The third-order valence-electron chi connectivity index (χ3n) is 0.779. The number of hydrogen-bond donors (Lipinski definition) is 0. The number of hydrogen-bond acceptors (Lipinski definition) is 1. The van der Waals surface area contributed by atoms with Crippen molar-refractivity contribution in [2.45, 2.75) is 0 Å². The standard InChI is InChI=1S/C5H3ClN2O/c6-5-2-1-4(9-5)3-8-7/h1-3H. The van der Waals surface area contributed by atoms with E-state index < -0.39 is 0 Å². The zero-order valence-electron chi connectivity index (χ0n) is 4.41. The molecule has 0 aliphatic rings. The lowest BCUT2D eigenvalue weighted by atomic mass is 10.5. The molecule has 0 bridgehead atoms. The second-order valence-electron chi connectivity index (χ2n) is 1.39. The van der Waals surface area contributed by atoms with Crippen molar-refractivity contribution in [2.24, 2.45) is 0 Å². The van der Waals surface area contributed by atoms with Crippen LogP contribution in [0.5, 0.6) is 0 Å².